The summed E-state index contributed by atoms with van der Waals surface area (Å²) in [6.07, 6.45) is 4.22. The van der Waals surface area contributed by atoms with Gasteiger partial charge in [-0.15, -0.1) is 0 Å². The molecule has 4 aromatic rings. The quantitative estimate of drug-likeness (QED) is 0.317. The van der Waals surface area contributed by atoms with Gasteiger partial charge in [-0.2, -0.15) is 0 Å². The normalized spacial score (nSPS) is 11.2. The molecule has 1 heterocycles. The van der Waals surface area contributed by atoms with E-state index in [2.05, 4.69) is 29.2 Å². The zero-order valence-corrected chi connectivity index (χ0v) is 19.3. The summed E-state index contributed by atoms with van der Waals surface area (Å²) in [6.45, 7) is 1.87. The molecule has 5 nitrogen and oxygen atoms in total. The molecule has 0 saturated heterocycles. The number of nitrogens with zero attached hydrogens (tertiary/aromatic N) is 2. The molecule has 0 aliphatic rings. The minimum absolute atomic E-state index is 0.0147. The minimum Gasteiger partial charge on any atom is -0.457 e. The first-order valence-corrected chi connectivity index (χ1v) is 12.4. The van der Waals surface area contributed by atoms with Crippen LogP contribution in [0.5, 0.6) is 11.5 Å². The molecule has 168 valence electrons. The fraction of sp³-hybridized carbons (Fsp3) is 0.148. The van der Waals surface area contributed by atoms with E-state index in [-0.39, 0.29) is 12.3 Å². The average Bonchev–Trinajstić information content (AvgIpc) is 2.86. The highest BCUT2D eigenvalue weighted by atomic mass is 32.2. The van der Waals surface area contributed by atoms with Gasteiger partial charge in [-0.25, -0.2) is 8.42 Å². The highest BCUT2D eigenvalue weighted by Crippen LogP contribution is 2.27. The van der Waals surface area contributed by atoms with Gasteiger partial charge in [0.25, 0.3) is 0 Å². The lowest BCUT2D eigenvalue weighted by atomic mass is 10.1. The molecule has 0 unspecified atom stereocenters. The van der Waals surface area contributed by atoms with Crippen LogP contribution in [0, 0.1) is 0 Å². The number of ether oxygens (including phenoxy) is 1. The summed E-state index contributed by atoms with van der Waals surface area (Å²) in [5, 5.41) is 0. The van der Waals surface area contributed by atoms with Crippen molar-refractivity contribution in [2.45, 2.75) is 19.9 Å². The van der Waals surface area contributed by atoms with Crippen LogP contribution in [0.1, 0.15) is 23.6 Å². The Hall–Kier alpha value is -3.64. The third-order valence-electron chi connectivity index (χ3n) is 5.28. The molecule has 0 radical (unpaired) electrons. The van der Waals surface area contributed by atoms with E-state index in [1.807, 2.05) is 36.4 Å². The van der Waals surface area contributed by atoms with Gasteiger partial charge in [0.15, 0.2) is 0 Å². The van der Waals surface area contributed by atoms with Crippen molar-refractivity contribution in [3.05, 3.63) is 120 Å². The smallest absolute Gasteiger partial charge is 0.235 e. The number of anilines is 1. The maximum Gasteiger partial charge on any atom is 0.235 e. The van der Waals surface area contributed by atoms with Gasteiger partial charge >= 0.3 is 0 Å². The number of hydrogen-bond acceptors (Lipinski definition) is 4. The van der Waals surface area contributed by atoms with E-state index >= 15 is 0 Å². The fourth-order valence-corrected chi connectivity index (χ4v) is 4.59. The highest BCUT2D eigenvalue weighted by molar-refractivity contribution is 7.92. The van der Waals surface area contributed by atoms with Gasteiger partial charge in [-0.3, -0.25) is 9.29 Å². The van der Waals surface area contributed by atoms with Gasteiger partial charge < -0.3 is 4.74 Å². The summed E-state index contributed by atoms with van der Waals surface area (Å²) in [5.41, 5.74) is 3.89. The van der Waals surface area contributed by atoms with Gasteiger partial charge in [0, 0.05) is 12.4 Å². The Balaban J connectivity index is 1.46. The lowest BCUT2D eigenvalue weighted by Crippen LogP contribution is -2.31. The number of aromatic nitrogens is 1. The molecule has 0 atom stereocenters. The first-order valence-electron chi connectivity index (χ1n) is 10.8. The van der Waals surface area contributed by atoms with Crippen LogP contribution in [-0.2, 0) is 23.0 Å². The van der Waals surface area contributed by atoms with Crippen LogP contribution in [0.25, 0.3) is 0 Å². The minimum atomic E-state index is -3.45. The Bertz CT molecular complexity index is 1260. The van der Waals surface area contributed by atoms with Crippen LogP contribution in [0.3, 0.4) is 0 Å². The Morgan fingerprint density at radius 2 is 1.36 bits per heavy atom. The molecule has 0 spiro atoms. The summed E-state index contributed by atoms with van der Waals surface area (Å²) >= 11 is 0. The topological polar surface area (TPSA) is 59.5 Å². The predicted molar refractivity (Wildman–Crippen MR) is 132 cm³/mol. The third kappa shape index (κ3) is 5.99. The van der Waals surface area contributed by atoms with Crippen LogP contribution in [0.2, 0.25) is 0 Å². The van der Waals surface area contributed by atoms with Crippen molar-refractivity contribution in [3.63, 3.8) is 0 Å². The number of pyridine rings is 1. The Kier molecular flexibility index (Phi) is 7.05. The molecule has 6 heteroatoms. The molecule has 4 rings (SSSR count). The van der Waals surface area contributed by atoms with E-state index < -0.39 is 10.0 Å². The van der Waals surface area contributed by atoms with Crippen molar-refractivity contribution in [2.75, 3.05) is 10.1 Å². The van der Waals surface area contributed by atoms with Crippen LogP contribution in [0.4, 0.5) is 5.69 Å². The molecule has 33 heavy (non-hydrogen) atoms. The SMILES string of the molecule is CCS(=O)(=O)N(Cc1cccnc1)c1ccc(Oc2ccc(Cc3ccccc3)cc2)cc1. The number of hydrogen-bond donors (Lipinski definition) is 0. The molecule has 3 aromatic carbocycles. The van der Waals surface area contributed by atoms with Gasteiger partial charge in [-0.1, -0.05) is 48.5 Å². The molecule has 1 aromatic heterocycles. The zero-order valence-electron chi connectivity index (χ0n) is 18.5. The summed E-state index contributed by atoms with van der Waals surface area (Å²) < 4.78 is 32.8. The van der Waals surface area contributed by atoms with Crippen molar-refractivity contribution in [3.8, 4) is 11.5 Å². The predicted octanol–water partition coefficient (Wildman–Crippen LogP) is 5.82. The van der Waals surface area contributed by atoms with Crippen LogP contribution >= 0.6 is 0 Å². The standard InChI is InChI=1S/C27H26N2O3S/c1-2-33(30,31)29(21-24-9-6-18-28-20-24)25-12-16-27(17-13-25)32-26-14-10-23(11-15-26)19-22-7-4-3-5-8-22/h3-18,20H,2,19,21H2,1H3. The maximum atomic E-state index is 12.7. The molecule has 0 N–H and O–H groups in total. The number of rotatable bonds is 9. The maximum absolute atomic E-state index is 12.7. The molecule has 0 amide bonds. The Labute approximate surface area is 195 Å². The van der Waals surface area contributed by atoms with Crippen molar-refractivity contribution in [2.24, 2.45) is 0 Å². The zero-order chi connectivity index (χ0) is 23.1. The van der Waals surface area contributed by atoms with Gasteiger partial charge in [0.05, 0.1) is 18.0 Å². The molecule has 0 saturated carbocycles. The highest BCUT2D eigenvalue weighted by Gasteiger charge is 2.21. The number of benzene rings is 3. The summed E-state index contributed by atoms with van der Waals surface area (Å²) in [6, 6.07) is 29.1. The second-order valence-corrected chi connectivity index (χ2v) is 9.85. The first kappa shape index (κ1) is 22.6. The third-order valence-corrected chi connectivity index (χ3v) is 7.03. The summed E-state index contributed by atoms with van der Waals surface area (Å²) in [5.74, 6) is 1.39. The summed E-state index contributed by atoms with van der Waals surface area (Å²) in [4.78, 5) is 4.09. The molecule has 0 aliphatic heterocycles. The molecule has 0 fully saturated rings. The Morgan fingerprint density at radius 1 is 0.758 bits per heavy atom. The van der Waals surface area contributed by atoms with E-state index in [4.69, 9.17) is 4.74 Å². The molecule has 0 aliphatic carbocycles. The number of sulfonamides is 1. The lowest BCUT2D eigenvalue weighted by molar-refractivity contribution is 0.482. The van der Waals surface area contributed by atoms with Crippen LogP contribution in [0.15, 0.2) is 103 Å². The molecule has 0 bridgehead atoms. The van der Waals surface area contributed by atoms with Crippen LogP contribution in [-0.4, -0.2) is 19.2 Å². The first-order chi connectivity index (χ1) is 16.0. The fourth-order valence-electron chi connectivity index (χ4n) is 3.49. The van der Waals surface area contributed by atoms with Gasteiger partial charge in [0.1, 0.15) is 11.5 Å². The lowest BCUT2D eigenvalue weighted by Gasteiger charge is -2.24. The van der Waals surface area contributed by atoms with Crippen LogP contribution < -0.4 is 9.04 Å². The summed E-state index contributed by atoms with van der Waals surface area (Å²) in [7, 11) is -3.45. The Morgan fingerprint density at radius 3 is 1.97 bits per heavy atom. The molecular formula is C27H26N2O3S. The van der Waals surface area contributed by atoms with Crippen molar-refractivity contribution in [1.82, 2.24) is 4.98 Å². The second kappa shape index (κ2) is 10.3. The monoisotopic (exact) mass is 458 g/mol. The largest absolute Gasteiger partial charge is 0.457 e. The van der Waals surface area contributed by atoms with E-state index in [9.17, 15) is 8.42 Å². The van der Waals surface area contributed by atoms with E-state index in [1.54, 1.807) is 49.6 Å². The van der Waals surface area contributed by atoms with Gasteiger partial charge in [-0.05, 0) is 72.5 Å². The van der Waals surface area contributed by atoms with Crippen molar-refractivity contribution >= 4 is 15.7 Å². The van der Waals surface area contributed by atoms with E-state index in [1.165, 1.54) is 15.4 Å². The average molecular weight is 459 g/mol. The van der Waals surface area contributed by atoms with Gasteiger partial charge in [0.2, 0.25) is 10.0 Å². The molecular weight excluding hydrogens is 432 g/mol. The van der Waals surface area contributed by atoms with E-state index in [0.717, 1.165) is 17.7 Å². The van der Waals surface area contributed by atoms with Crippen molar-refractivity contribution in [1.29, 1.82) is 0 Å². The second-order valence-electron chi connectivity index (χ2n) is 7.67. The van der Waals surface area contributed by atoms with E-state index in [0.29, 0.717) is 11.4 Å². The van der Waals surface area contributed by atoms with Crippen molar-refractivity contribution < 1.29 is 13.2 Å².